The lowest BCUT2D eigenvalue weighted by Crippen LogP contribution is -2.45. The number of aromatic nitrogens is 2. The summed E-state index contributed by atoms with van der Waals surface area (Å²) in [4.78, 5) is 18.6. The van der Waals surface area contributed by atoms with Gasteiger partial charge in [-0.3, -0.25) is 4.79 Å². The highest BCUT2D eigenvalue weighted by Gasteiger charge is 2.25. The Labute approximate surface area is 164 Å². The summed E-state index contributed by atoms with van der Waals surface area (Å²) in [5.74, 6) is 0.852. The van der Waals surface area contributed by atoms with Crippen LogP contribution in [0.5, 0.6) is 0 Å². The molecule has 1 aromatic heterocycles. The predicted molar refractivity (Wildman–Crippen MR) is 103 cm³/mol. The molecule has 1 aromatic carbocycles. The molecule has 148 valence electrons. The highest BCUT2D eigenvalue weighted by atomic mass is 35.5. The van der Waals surface area contributed by atoms with Crippen molar-refractivity contribution in [2.45, 2.75) is 45.6 Å². The minimum absolute atomic E-state index is 0. The van der Waals surface area contributed by atoms with Gasteiger partial charge in [0.15, 0.2) is 0 Å². The number of hydrogen-bond acceptors (Lipinski definition) is 5. The summed E-state index contributed by atoms with van der Waals surface area (Å²) in [6.07, 6.45) is 2.75. The van der Waals surface area contributed by atoms with Crippen molar-refractivity contribution in [3.63, 3.8) is 0 Å². The first kappa shape index (κ1) is 21.3. The van der Waals surface area contributed by atoms with Crippen molar-refractivity contribution in [2.24, 2.45) is 11.7 Å². The first-order valence-electron chi connectivity index (χ1n) is 9.06. The van der Waals surface area contributed by atoms with E-state index in [-0.39, 0.29) is 30.2 Å². The van der Waals surface area contributed by atoms with Crippen molar-refractivity contribution in [3.05, 3.63) is 35.5 Å². The molecule has 2 aromatic rings. The van der Waals surface area contributed by atoms with Gasteiger partial charge in [-0.05, 0) is 44.2 Å². The lowest BCUT2D eigenvalue weighted by molar-refractivity contribution is -0.133. The fourth-order valence-corrected chi connectivity index (χ4v) is 3.24. The lowest BCUT2D eigenvalue weighted by atomic mass is 9.92. The Morgan fingerprint density at radius 2 is 2.26 bits per heavy atom. The van der Waals surface area contributed by atoms with E-state index in [1.54, 1.807) is 19.1 Å². The second-order valence-electron chi connectivity index (χ2n) is 7.08. The molecule has 27 heavy (non-hydrogen) atoms. The van der Waals surface area contributed by atoms with Crippen molar-refractivity contribution >= 4 is 18.3 Å². The number of carbonyl (C=O) groups is 1. The maximum absolute atomic E-state index is 13.7. The molecule has 1 aliphatic rings. The van der Waals surface area contributed by atoms with E-state index in [1.165, 1.54) is 6.07 Å². The Morgan fingerprint density at radius 3 is 2.96 bits per heavy atom. The topological polar surface area (TPSA) is 85.2 Å². The molecule has 1 saturated heterocycles. The monoisotopic (exact) mass is 396 g/mol. The number of nitrogens with two attached hydrogens (primary N) is 1. The van der Waals surface area contributed by atoms with E-state index < -0.39 is 0 Å². The van der Waals surface area contributed by atoms with Crippen LogP contribution in [0, 0.1) is 18.7 Å². The molecule has 1 amide bonds. The van der Waals surface area contributed by atoms with Crippen molar-refractivity contribution in [1.82, 2.24) is 15.0 Å². The maximum atomic E-state index is 13.7. The predicted octanol–water partition coefficient (Wildman–Crippen LogP) is 3.12. The van der Waals surface area contributed by atoms with Crippen LogP contribution in [0.4, 0.5) is 4.39 Å². The number of aryl methyl sites for hydroxylation is 2. The molecule has 0 saturated carbocycles. The van der Waals surface area contributed by atoms with Crippen LogP contribution >= 0.6 is 12.4 Å². The summed E-state index contributed by atoms with van der Waals surface area (Å²) in [6, 6.07) is 4.91. The number of hydrogen-bond donors (Lipinski definition) is 1. The van der Waals surface area contributed by atoms with Crippen molar-refractivity contribution in [1.29, 1.82) is 0 Å². The van der Waals surface area contributed by atoms with Gasteiger partial charge in [0.25, 0.3) is 0 Å². The molecule has 0 bridgehead atoms. The summed E-state index contributed by atoms with van der Waals surface area (Å²) >= 11 is 0. The average molecular weight is 397 g/mol. The number of amides is 1. The van der Waals surface area contributed by atoms with E-state index in [0.29, 0.717) is 48.1 Å². The molecular weight excluding hydrogens is 371 g/mol. The van der Waals surface area contributed by atoms with Crippen LogP contribution in [0.15, 0.2) is 22.7 Å². The van der Waals surface area contributed by atoms with Crippen LogP contribution in [-0.4, -0.2) is 40.1 Å². The molecule has 6 nitrogen and oxygen atoms in total. The lowest BCUT2D eigenvalue weighted by Gasteiger charge is -2.34. The number of piperidine rings is 1. The normalized spacial score (nSPS) is 18.1. The third-order valence-corrected chi connectivity index (χ3v) is 5.00. The van der Waals surface area contributed by atoms with Crippen LogP contribution in [0.25, 0.3) is 11.4 Å². The molecule has 0 spiro atoms. The van der Waals surface area contributed by atoms with E-state index in [2.05, 4.69) is 10.1 Å². The van der Waals surface area contributed by atoms with Gasteiger partial charge in [0.2, 0.25) is 17.6 Å². The fraction of sp³-hybridized carbons (Fsp3) is 0.526. The summed E-state index contributed by atoms with van der Waals surface area (Å²) in [6.45, 7) is 5.18. The average Bonchev–Trinajstić information content (AvgIpc) is 3.11. The SMILES string of the molecule is Cc1ccc(-c2noc(CCC(=O)N3CCCC(C(C)N)C3)n2)cc1F.Cl. The molecule has 1 aliphatic heterocycles. The molecular formula is C19H26ClFN4O2. The quantitative estimate of drug-likeness (QED) is 0.839. The molecule has 2 N–H and O–H groups in total. The van der Waals surface area contributed by atoms with Crippen molar-refractivity contribution < 1.29 is 13.7 Å². The van der Waals surface area contributed by atoms with Crippen LogP contribution in [0.2, 0.25) is 0 Å². The number of carbonyl (C=O) groups excluding carboxylic acids is 1. The first-order chi connectivity index (χ1) is 12.4. The third kappa shape index (κ3) is 5.26. The number of nitrogens with zero attached hydrogens (tertiary/aromatic N) is 3. The highest BCUT2D eigenvalue weighted by molar-refractivity contribution is 5.85. The molecule has 3 rings (SSSR count). The number of likely N-dealkylation sites (tertiary alicyclic amines) is 1. The van der Waals surface area contributed by atoms with Gasteiger partial charge in [0.1, 0.15) is 5.82 Å². The first-order valence-corrected chi connectivity index (χ1v) is 9.06. The Bertz CT molecular complexity index is 781. The van der Waals surface area contributed by atoms with Gasteiger partial charge in [0.05, 0.1) is 0 Å². The Kier molecular flexibility index (Phi) is 7.33. The zero-order chi connectivity index (χ0) is 18.7. The second kappa shape index (κ2) is 9.28. The largest absolute Gasteiger partial charge is 0.342 e. The van der Waals surface area contributed by atoms with Crippen LogP contribution in [-0.2, 0) is 11.2 Å². The smallest absolute Gasteiger partial charge is 0.227 e. The van der Waals surface area contributed by atoms with Gasteiger partial charge in [-0.25, -0.2) is 4.39 Å². The van der Waals surface area contributed by atoms with E-state index in [0.717, 1.165) is 19.4 Å². The van der Waals surface area contributed by atoms with E-state index in [1.807, 2.05) is 11.8 Å². The van der Waals surface area contributed by atoms with Gasteiger partial charge in [0, 0.05) is 37.5 Å². The number of benzene rings is 1. The van der Waals surface area contributed by atoms with E-state index in [9.17, 15) is 9.18 Å². The summed E-state index contributed by atoms with van der Waals surface area (Å²) in [7, 11) is 0. The van der Waals surface area contributed by atoms with Crippen LogP contribution < -0.4 is 5.73 Å². The standard InChI is InChI=1S/C19H25FN4O2.ClH/c1-12-5-6-14(10-16(12)20)19-22-17(26-23-19)7-8-18(25)24-9-3-4-15(11-24)13(2)21;/h5-6,10,13,15H,3-4,7-9,11,21H2,1-2H3;1H. The second-order valence-corrected chi connectivity index (χ2v) is 7.08. The number of rotatable bonds is 5. The van der Waals surface area contributed by atoms with Gasteiger partial charge in [-0.2, -0.15) is 4.98 Å². The summed E-state index contributed by atoms with van der Waals surface area (Å²) < 4.78 is 18.9. The highest BCUT2D eigenvalue weighted by Crippen LogP contribution is 2.21. The third-order valence-electron chi connectivity index (χ3n) is 5.00. The van der Waals surface area contributed by atoms with Crippen molar-refractivity contribution in [2.75, 3.05) is 13.1 Å². The number of halogens is 2. The zero-order valence-electron chi connectivity index (χ0n) is 15.7. The molecule has 2 unspecified atom stereocenters. The molecule has 8 heteroatoms. The van der Waals surface area contributed by atoms with Gasteiger partial charge >= 0.3 is 0 Å². The van der Waals surface area contributed by atoms with Crippen LogP contribution in [0.1, 0.15) is 37.6 Å². The Balaban J connectivity index is 0.00000261. The van der Waals surface area contributed by atoms with Gasteiger partial charge in [-0.1, -0.05) is 17.3 Å². The van der Waals surface area contributed by atoms with Gasteiger partial charge < -0.3 is 15.2 Å². The molecule has 0 radical (unpaired) electrons. The van der Waals surface area contributed by atoms with Crippen LogP contribution in [0.3, 0.4) is 0 Å². The molecule has 2 heterocycles. The minimum Gasteiger partial charge on any atom is -0.342 e. The fourth-order valence-electron chi connectivity index (χ4n) is 3.24. The van der Waals surface area contributed by atoms with Gasteiger partial charge in [-0.15, -0.1) is 12.4 Å². The van der Waals surface area contributed by atoms with E-state index >= 15 is 0 Å². The summed E-state index contributed by atoms with van der Waals surface area (Å²) in [5, 5.41) is 3.89. The molecule has 2 atom stereocenters. The summed E-state index contributed by atoms with van der Waals surface area (Å²) in [5.41, 5.74) is 7.10. The van der Waals surface area contributed by atoms with Crippen molar-refractivity contribution in [3.8, 4) is 11.4 Å². The maximum Gasteiger partial charge on any atom is 0.227 e. The van der Waals surface area contributed by atoms with E-state index in [4.69, 9.17) is 10.3 Å². The Hall–Kier alpha value is -1.99. The molecule has 0 aliphatic carbocycles. The zero-order valence-corrected chi connectivity index (χ0v) is 16.5. The minimum atomic E-state index is -0.308. The molecule has 1 fully saturated rings. The Morgan fingerprint density at radius 1 is 1.48 bits per heavy atom.